The van der Waals surface area contributed by atoms with Crippen molar-refractivity contribution >= 4 is 5.71 Å². The quantitative estimate of drug-likeness (QED) is 0.794. The second-order valence-corrected chi connectivity index (χ2v) is 6.10. The lowest BCUT2D eigenvalue weighted by Gasteiger charge is -2.25. The molecule has 26 heavy (non-hydrogen) atoms. The van der Waals surface area contributed by atoms with Gasteiger partial charge in [-0.15, -0.1) is 0 Å². The Labute approximate surface area is 150 Å². The summed E-state index contributed by atoms with van der Waals surface area (Å²) < 4.78 is 6.38. The van der Waals surface area contributed by atoms with Gasteiger partial charge in [0.05, 0.1) is 37.7 Å². The molecule has 0 unspecified atom stereocenters. The van der Waals surface area contributed by atoms with E-state index in [-0.39, 0.29) is 5.56 Å². The van der Waals surface area contributed by atoms with Crippen molar-refractivity contribution in [2.45, 2.75) is 20.3 Å². The van der Waals surface area contributed by atoms with E-state index in [9.17, 15) is 14.7 Å². The summed E-state index contributed by atoms with van der Waals surface area (Å²) in [5, 5.41) is 17.0. The summed E-state index contributed by atoms with van der Waals surface area (Å²) >= 11 is 0. The third kappa shape index (κ3) is 3.55. The van der Waals surface area contributed by atoms with Crippen molar-refractivity contribution in [2.24, 2.45) is 5.10 Å². The Morgan fingerprint density at radius 3 is 2.50 bits per heavy atom. The molecule has 138 valence electrons. The van der Waals surface area contributed by atoms with E-state index in [1.807, 2.05) is 31.0 Å². The van der Waals surface area contributed by atoms with Gasteiger partial charge >= 0.3 is 5.69 Å². The zero-order chi connectivity index (χ0) is 18.7. The minimum absolute atomic E-state index is 0.0131. The summed E-state index contributed by atoms with van der Waals surface area (Å²) in [6.07, 6.45) is 0.431. The van der Waals surface area contributed by atoms with Crippen molar-refractivity contribution in [3.8, 4) is 11.6 Å². The molecule has 1 aromatic carbocycles. The van der Waals surface area contributed by atoms with Crippen LogP contribution in [0.5, 0.6) is 5.88 Å². The highest BCUT2D eigenvalue weighted by Gasteiger charge is 2.20. The Bertz CT molecular complexity index is 922. The van der Waals surface area contributed by atoms with Crippen LogP contribution in [0, 0.1) is 6.92 Å². The normalized spacial score (nSPS) is 15.3. The minimum atomic E-state index is -0.693. The van der Waals surface area contributed by atoms with Gasteiger partial charge in [0.15, 0.2) is 0 Å². The Balaban J connectivity index is 2.13. The number of aryl methyl sites for hydroxylation is 1. The number of hydrogen-bond acceptors (Lipinski definition) is 6. The second kappa shape index (κ2) is 7.57. The first-order valence-electron chi connectivity index (χ1n) is 8.57. The number of aromatic hydroxyl groups is 1. The maximum absolute atomic E-state index is 12.4. The summed E-state index contributed by atoms with van der Waals surface area (Å²) in [6, 6.07) is 7.08. The van der Waals surface area contributed by atoms with Crippen LogP contribution in [-0.4, -0.2) is 51.7 Å². The second-order valence-electron chi connectivity index (χ2n) is 6.10. The van der Waals surface area contributed by atoms with Crippen LogP contribution in [-0.2, 0) is 4.74 Å². The fourth-order valence-corrected chi connectivity index (χ4v) is 2.84. The van der Waals surface area contributed by atoms with Crippen molar-refractivity contribution in [3.05, 3.63) is 56.2 Å². The van der Waals surface area contributed by atoms with Gasteiger partial charge in [0.25, 0.3) is 5.56 Å². The molecule has 2 N–H and O–H groups in total. The number of hydrazone groups is 1. The van der Waals surface area contributed by atoms with E-state index < -0.39 is 17.1 Å². The molecule has 0 bridgehead atoms. The lowest BCUT2D eigenvalue weighted by Crippen LogP contribution is -2.36. The van der Waals surface area contributed by atoms with E-state index in [0.29, 0.717) is 44.1 Å². The molecule has 0 spiro atoms. The van der Waals surface area contributed by atoms with Crippen LogP contribution in [0.25, 0.3) is 5.69 Å². The molecule has 0 atom stereocenters. The number of aromatic nitrogens is 2. The van der Waals surface area contributed by atoms with Crippen molar-refractivity contribution in [3.63, 3.8) is 0 Å². The third-order valence-electron chi connectivity index (χ3n) is 4.25. The highest BCUT2D eigenvalue weighted by atomic mass is 16.5. The van der Waals surface area contributed by atoms with Crippen LogP contribution in [0.3, 0.4) is 0 Å². The van der Waals surface area contributed by atoms with Crippen LogP contribution in [0.15, 0.2) is 39.0 Å². The van der Waals surface area contributed by atoms with Gasteiger partial charge < -0.3 is 9.84 Å². The van der Waals surface area contributed by atoms with E-state index in [2.05, 4.69) is 10.1 Å². The lowest BCUT2D eigenvalue weighted by molar-refractivity contribution is 0.0393. The number of morpholine rings is 1. The number of rotatable bonds is 4. The van der Waals surface area contributed by atoms with Gasteiger partial charge in [-0.05, 0) is 25.5 Å². The molecule has 1 aliphatic heterocycles. The zero-order valence-electron chi connectivity index (χ0n) is 14.9. The first-order chi connectivity index (χ1) is 12.5. The first kappa shape index (κ1) is 17.9. The average molecular weight is 358 g/mol. The largest absolute Gasteiger partial charge is 0.493 e. The Morgan fingerprint density at radius 2 is 1.88 bits per heavy atom. The highest BCUT2D eigenvalue weighted by Crippen LogP contribution is 2.19. The smallest absolute Gasteiger partial charge is 0.335 e. The third-order valence-corrected chi connectivity index (χ3v) is 4.25. The van der Waals surface area contributed by atoms with Gasteiger partial charge in [-0.2, -0.15) is 5.10 Å². The fraction of sp³-hybridized carbons (Fsp3) is 0.389. The van der Waals surface area contributed by atoms with Gasteiger partial charge in [-0.3, -0.25) is 14.8 Å². The van der Waals surface area contributed by atoms with Gasteiger partial charge in [0.2, 0.25) is 5.88 Å². The summed E-state index contributed by atoms with van der Waals surface area (Å²) in [4.78, 5) is 26.9. The molecule has 8 nitrogen and oxygen atoms in total. The topological polar surface area (TPSA) is 99.9 Å². The molecule has 2 heterocycles. The molecular formula is C18H22N4O4. The number of benzene rings is 1. The van der Waals surface area contributed by atoms with E-state index in [1.165, 1.54) is 0 Å². The van der Waals surface area contributed by atoms with E-state index >= 15 is 0 Å². The number of ether oxygens (including phenoxy) is 1. The van der Waals surface area contributed by atoms with Crippen molar-refractivity contribution < 1.29 is 9.84 Å². The molecule has 3 rings (SSSR count). The summed E-state index contributed by atoms with van der Waals surface area (Å²) in [5.74, 6) is -0.406. The Morgan fingerprint density at radius 1 is 1.23 bits per heavy atom. The molecule has 0 aliphatic carbocycles. The molecule has 1 fully saturated rings. The van der Waals surface area contributed by atoms with Crippen molar-refractivity contribution in [2.75, 3.05) is 26.3 Å². The molecule has 1 aromatic heterocycles. The maximum Gasteiger partial charge on any atom is 0.335 e. The van der Waals surface area contributed by atoms with Crippen LogP contribution in [0.4, 0.5) is 0 Å². The predicted octanol–water partition coefficient (Wildman–Crippen LogP) is 0.986. The number of hydrogen-bond donors (Lipinski definition) is 2. The molecule has 1 saturated heterocycles. The molecule has 0 radical (unpaired) electrons. The van der Waals surface area contributed by atoms with Crippen LogP contribution < -0.4 is 11.2 Å². The van der Waals surface area contributed by atoms with Crippen molar-refractivity contribution in [1.82, 2.24) is 14.6 Å². The van der Waals surface area contributed by atoms with E-state index in [0.717, 1.165) is 10.1 Å². The van der Waals surface area contributed by atoms with Gasteiger partial charge in [-0.1, -0.05) is 24.6 Å². The number of H-pyrrole nitrogens is 1. The number of nitrogens with one attached hydrogen (secondary N) is 1. The van der Waals surface area contributed by atoms with E-state index in [4.69, 9.17) is 4.74 Å². The first-order valence-corrected chi connectivity index (χ1v) is 8.57. The zero-order valence-corrected chi connectivity index (χ0v) is 14.9. The Hall–Kier alpha value is -2.87. The summed E-state index contributed by atoms with van der Waals surface area (Å²) in [5.41, 5.74) is 0.587. The average Bonchev–Trinajstić information content (AvgIpc) is 2.63. The summed E-state index contributed by atoms with van der Waals surface area (Å²) in [7, 11) is 0. The SMILES string of the molecule is CC/C(=N\N1CCOCC1)c1c(O)n(-c2ccc(C)cc2)c(=O)[nH]c1=O. The summed E-state index contributed by atoms with van der Waals surface area (Å²) in [6.45, 7) is 6.12. The monoisotopic (exact) mass is 358 g/mol. The van der Waals surface area contributed by atoms with E-state index in [1.54, 1.807) is 12.1 Å². The number of nitrogens with zero attached hydrogens (tertiary/aromatic N) is 3. The molecule has 2 aromatic rings. The predicted molar refractivity (Wildman–Crippen MR) is 98.3 cm³/mol. The lowest BCUT2D eigenvalue weighted by atomic mass is 10.1. The van der Waals surface area contributed by atoms with Crippen LogP contribution in [0.1, 0.15) is 24.5 Å². The van der Waals surface area contributed by atoms with Crippen LogP contribution >= 0.6 is 0 Å². The van der Waals surface area contributed by atoms with Gasteiger partial charge in [0.1, 0.15) is 5.56 Å². The Kier molecular flexibility index (Phi) is 5.22. The molecule has 0 saturated carbocycles. The van der Waals surface area contributed by atoms with Gasteiger partial charge in [-0.25, -0.2) is 9.36 Å². The number of aromatic amines is 1. The molecule has 1 aliphatic rings. The maximum atomic E-state index is 12.4. The van der Waals surface area contributed by atoms with Crippen LogP contribution in [0.2, 0.25) is 0 Å². The standard InChI is InChI=1S/C18H22N4O4/c1-3-14(20-21-8-10-26-11-9-21)15-16(23)19-18(25)22(17(15)24)13-6-4-12(2)5-7-13/h4-7,24H,3,8-11H2,1-2H3,(H,19,23,25)/b20-14+. The molecule has 0 amide bonds. The van der Waals surface area contributed by atoms with Crippen molar-refractivity contribution in [1.29, 1.82) is 0 Å². The minimum Gasteiger partial charge on any atom is -0.493 e. The molecule has 8 heteroatoms. The highest BCUT2D eigenvalue weighted by molar-refractivity contribution is 6.01. The van der Waals surface area contributed by atoms with Gasteiger partial charge in [0, 0.05) is 0 Å². The molecular weight excluding hydrogens is 336 g/mol. The fourth-order valence-electron chi connectivity index (χ4n) is 2.84.